The van der Waals surface area contributed by atoms with Crippen molar-refractivity contribution in [1.82, 2.24) is 5.32 Å². The van der Waals surface area contributed by atoms with E-state index in [9.17, 15) is 15.3 Å². The van der Waals surface area contributed by atoms with E-state index in [0.29, 0.717) is 12.3 Å². The Morgan fingerprint density at radius 1 is 1.15 bits per heavy atom. The van der Waals surface area contributed by atoms with Gasteiger partial charge in [-0.15, -0.1) is 0 Å². The molecule has 4 N–H and O–H groups in total. The fourth-order valence-electron chi connectivity index (χ4n) is 11.0. The number of likely N-dealkylation sites (N-methyl/N-ethyl adjacent to an activating group) is 1. The molecular weight excluding hydrogens is 490 g/mol. The summed E-state index contributed by atoms with van der Waals surface area (Å²) < 4.78 is 13.1. The maximum atomic E-state index is 13.1. The van der Waals surface area contributed by atoms with E-state index >= 15 is 0 Å². The van der Waals surface area contributed by atoms with Gasteiger partial charge in [0.25, 0.3) is 0 Å². The van der Waals surface area contributed by atoms with Crippen LogP contribution in [0.3, 0.4) is 0 Å². The van der Waals surface area contributed by atoms with Gasteiger partial charge in [-0.05, 0) is 56.2 Å². The van der Waals surface area contributed by atoms with Crippen LogP contribution in [0.15, 0.2) is 23.3 Å². The third kappa shape index (κ3) is 3.74. The molecule has 1 saturated heterocycles. The van der Waals surface area contributed by atoms with Crippen LogP contribution in [-0.4, -0.2) is 64.7 Å². The molecule has 6 aliphatic rings. The van der Waals surface area contributed by atoms with Gasteiger partial charge >= 0.3 is 0 Å². The van der Waals surface area contributed by atoms with Gasteiger partial charge in [0.2, 0.25) is 0 Å². The minimum absolute atomic E-state index is 0.0102. The molecule has 0 bridgehead atoms. The lowest BCUT2D eigenvalue weighted by Crippen LogP contribution is -2.65. The van der Waals surface area contributed by atoms with E-state index in [1.165, 1.54) is 37.7 Å². The Morgan fingerprint density at radius 3 is 2.49 bits per heavy atom. The van der Waals surface area contributed by atoms with E-state index in [1.54, 1.807) is 0 Å². The average Bonchev–Trinajstić information content (AvgIpc) is 3.78. The fourth-order valence-corrected chi connectivity index (χ4v) is 11.0. The fraction of sp³-hybridized carbons (Fsp3) is 0.879. The average molecular weight is 544 g/mol. The summed E-state index contributed by atoms with van der Waals surface area (Å²) in [7, 11) is 1.93. The first-order valence-electron chi connectivity index (χ1n) is 15.7. The van der Waals surface area contributed by atoms with E-state index in [4.69, 9.17) is 9.47 Å². The largest absolute Gasteiger partial charge is 0.392 e. The molecule has 39 heavy (non-hydrogen) atoms. The van der Waals surface area contributed by atoms with Crippen molar-refractivity contribution >= 4 is 0 Å². The number of nitrogens with one attached hydrogen (secondary N) is 1. The number of rotatable bonds is 7. The van der Waals surface area contributed by atoms with E-state index in [0.717, 1.165) is 18.4 Å². The van der Waals surface area contributed by atoms with Crippen LogP contribution >= 0.6 is 0 Å². The molecule has 3 saturated carbocycles. The molecule has 0 aromatic rings. The molecule has 6 nitrogen and oxygen atoms in total. The van der Waals surface area contributed by atoms with Gasteiger partial charge in [-0.3, -0.25) is 0 Å². The number of fused-ring (bicyclic) bond motifs is 7. The monoisotopic (exact) mass is 543 g/mol. The van der Waals surface area contributed by atoms with Crippen LogP contribution in [-0.2, 0) is 9.47 Å². The molecule has 0 radical (unpaired) electrons. The molecule has 0 aromatic carbocycles. The summed E-state index contributed by atoms with van der Waals surface area (Å²) in [5.41, 5.74) is -0.526. The minimum atomic E-state index is -1.03. The first-order chi connectivity index (χ1) is 18.3. The number of hydrogen-bond acceptors (Lipinski definition) is 6. The molecule has 0 spiro atoms. The summed E-state index contributed by atoms with van der Waals surface area (Å²) in [5.74, 6) is 0.477. The van der Waals surface area contributed by atoms with Crippen LogP contribution < -0.4 is 5.32 Å². The second-order valence-corrected chi connectivity index (χ2v) is 15.4. The van der Waals surface area contributed by atoms with Crippen molar-refractivity contribution < 1.29 is 24.8 Å². The number of aliphatic hydroxyl groups excluding tert-OH is 2. The van der Waals surface area contributed by atoms with Crippen LogP contribution in [0.4, 0.5) is 0 Å². The van der Waals surface area contributed by atoms with Crippen molar-refractivity contribution in [2.24, 2.45) is 39.9 Å². The summed E-state index contributed by atoms with van der Waals surface area (Å²) in [6, 6.07) is -0.114. The van der Waals surface area contributed by atoms with Gasteiger partial charge in [-0.2, -0.15) is 0 Å². The van der Waals surface area contributed by atoms with E-state index in [2.05, 4.69) is 59.0 Å². The van der Waals surface area contributed by atoms with Gasteiger partial charge in [0.1, 0.15) is 6.10 Å². The van der Waals surface area contributed by atoms with Gasteiger partial charge in [0.05, 0.1) is 30.0 Å². The number of hydrogen-bond donors (Lipinski definition) is 4. The predicted molar refractivity (Wildman–Crippen MR) is 152 cm³/mol. The molecular formula is C33H53NO5. The number of ether oxygens (including phenoxy) is 2. The van der Waals surface area contributed by atoms with Crippen LogP contribution in [0.2, 0.25) is 0 Å². The molecule has 11 atom stereocenters. The zero-order valence-electron chi connectivity index (χ0n) is 25.3. The summed E-state index contributed by atoms with van der Waals surface area (Å²) in [6.45, 7) is 13.3. The highest BCUT2D eigenvalue weighted by Crippen LogP contribution is 2.81. The third-order valence-electron chi connectivity index (χ3n) is 12.9. The van der Waals surface area contributed by atoms with Crippen LogP contribution in [0.1, 0.15) is 92.9 Å². The molecule has 220 valence electrons. The molecule has 0 amide bonds. The second kappa shape index (κ2) is 9.12. The summed E-state index contributed by atoms with van der Waals surface area (Å²) in [6.07, 6.45) is 12.5. The Hall–Kier alpha value is -0.760. The quantitative estimate of drug-likeness (QED) is 0.211. The van der Waals surface area contributed by atoms with Crippen molar-refractivity contribution in [3.63, 3.8) is 0 Å². The van der Waals surface area contributed by atoms with Crippen LogP contribution in [0, 0.1) is 39.9 Å². The Bertz CT molecular complexity index is 1050. The van der Waals surface area contributed by atoms with Crippen molar-refractivity contribution in [1.29, 1.82) is 0 Å². The Kier molecular flexibility index (Phi) is 6.63. The summed E-state index contributed by atoms with van der Waals surface area (Å²) in [4.78, 5) is 0. The predicted octanol–water partition coefficient (Wildman–Crippen LogP) is 4.72. The van der Waals surface area contributed by atoms with Crippen molar-refractivity contribution in [2.75, 3.05) is 13.7 Å². The molecule has 6 heteroatoms. The van der Waals surface area contributed by atoms with Crippen LogP contribution in [0.25, 0.3) is 0 Å². The van der Waals surface area contributed by atoms with Gasteiger partial charge in [0, 0.05) is 28.1 Å². The first kappa shape index (κ1) is 28.4. The summed E-state index contributed by atoms with van der Waals surface area (Å²) >= 11 is 0. The molecule has 1 aliphatic heterocycles. The number of epoxide rings is 1. The van der Waals surface area contributed by atoms with Crippen LogP contribution in [0.5, 0.6) is 0 Å². The highest BCUT2D eigenvalue weighted by molar-refractivity contribution is 5.43. The maximum Gasteiger partial charge on any atom is 0.170 e. The highest BCUT2D eigenvalue weighted by Gasteiger charge is 2.86. The van der Waals surface area contributed by atoms with E-state index in [1.807, 2.05) is 7.05 Å². The standard InChI is InChI=1S/C33H53NO5/c1-19-13-24-30(5,26-25(19)38-26)16-22(18-35)17-31(6)28-29(3,4)32(28,15-20(2)33(24,31)37)39-27(36)23(34-7)14-21-11-9-8-10-12-21/h13,17,20-21,23-28,34-37H,8-12,14-16,18H2,1-7H3/t20-,23+,24-,25?,26?,27?,28+,30+,31+,32+,33+/m1/s1. The molecule has 5 aliphatic carbocycles. The zero-order valence-corrected chi connectivity index (χ0v) is 25.3. The number of aliphatic hydroxyl groups is 3. The topological polar surface area (TPSA) is 94.5 Å². The van der Waals surface area contributed by atoms with Crippen molar-refractivity contribution in [2.45, 2.75) is 129 Å². The molecule has 6 rings (SSSR count). The van der Waals surface area contributed by atoms with Crippen molar-refractivity contribution in [3.8, 4) is 0 Å². The van der Waals surface area contributed by atoms with Gasteiger partial charge in [0.15, 0.2) is 6.29 Å². The molecule has 1 heterocycles. The van der Waals surface area contributed by atoms with Crippen molar-refractivity contribution in [3.05, 3.63) is 23.3 Å². The lowest BCUT2D eigenvalue weighted by molar-refractivity contribution is -0.235. The van der Waals surface area contributed by atoms with Gasteiger partial charge in [-0.1, -0.05) is 78.9 Å². The van der Waals surface area contributed by atoms with Gasteiger partial charge in [-0.25, -0.2) is 0 Å². The molecule has 4 fully saturated rings. The smallest absolute Gasteiger partial charge is 0.170 e. The van der Waals surface area contributed by atoms with E-state index in [-0.39, 0.29) is 53.4 Å². The lowest BCUT2D eigenvalue weighted by atomic mass is 9.49. The molecule has 0 aromatic heterocycles. The van der Waals surface area contributed by atoms with E-state index < -0.39 is 22.9 Å². The highest BCUT2D eigenvalue weighted by atomic mass is 16.6. The first-order valence-corrected chi connectivity index (χ1v) is 15.7. The van der Waals surface area contributed by atoms with Gasteiger partial charge < -0.3 is 30.1 Å². The Labute approximate surface area is 235 Å². The summed E-state index contributed by atoms with van der Waals surface area (Å²) in [5, 5.41) is 38.6. The second-order valence-electron chi connectivity index (χ2n) is 15.4. The molecule has 3 unspecified atom stereocenters. The Morgan fingerprint density at radius 2 is 1.85 bits per heavy atom. The lowest BCUT2D eigenvalue weighted by Gasteiger charge is -2.58. The normalized spacial score (nSPS) is 49.7. The Balaban J connectivity index is 1.36. The minimum Gasteiger partial charge on any atom is -0.392 e. The maximum absolute atomic E-state index is 13.1. The SMILES string of the molecule is CN[C@@H](CC1CCCCC1)C(O)O[C@@]12C[C@@H](C)[C@]3(O)[C@@H]4C=C(C)C5OC5[C@@]4(C)CC(CO)=C[C@@]3(C)[C@@H]1C2(C)C. The zero-order chi connectivity index (χ0) is 28.2. The third-order valence-corrected chi connectivity index (χ3v) is 12.9.